The molecule has 0 aliphatic heterocycles. The molecule has 1 N–H and O–H groups in total. The lowest BCUT2D eigenvalue weighted by Gasteiger charge is -2.18. The second-order valence-corrected chi connectivity index (χ2v) is 5.42. The van der Waals surface area contributed by atoms with Gasteiger partial charge in [0, 0.05) is 11.9 Å². The smallest absolute Gasteiger partial charge is 0.254 e. The van der Waals surface area contributed by atoms with E-state index in [-0.39, 0.29) is 22.5 Å². The Kier molecular flexibility index (Phi) is 6.01. The van der Waals surface area contributed by atoms with E-state index in [4.69, 9.17) is 23.2 Å². The molecule has 0 saturated heterocycles. The summed E-state index contributed by atoms with van der Waals surface area (Å²) in [7, 11) is 0. The minimum atomic E-state index is -0.859. The summed E-state index contributed by atoms with van der Waals surface area (Å²) in [6, 6.07) is 1.28. The summed E-state index contributed by atoms with van der Waals surface area (Å²) < 4.78 is 26.8. The van der Waals surface area contributed by atoms with Crippen LogP contribution in [-0.2, 0) is 0 Å². The molecule has 2 nitrogen and oxygen atoms in total. The molecule has 0 aromatic heterocycles. The van der Waals surface area contributed by atoms with Crippen molar-refractivity contribution in [3.05, 3.63) is 34.4 Å². The molecule has 0 spiro atoms. The van der Waals surface area contributed by atoms with Crippen molar-refractivity contribution in [3.8, 4) is 0 Å². The maximum absolute atomic E-state index is 13.6. The van der Waals surface area contributed by atoms with Gasteiger partial charge in [0.15, 0.2) is 0 Å². The van der Waals surface area contributed by atoms with Gasteiger partial charge in [-0.3, -0.25) is 4.79 Å². The van der Waals surface area contributed by atoms with Gasteiger partial charge in [0.2, 0.25) is 0 Å². The summed E-state index contributed by atoms with van der Waals surface area (Å²) in [5, 5.41) is 2.22. The molecule has 0 fully saturated rings. The summed E-state index contributed by atoms with van der Waals surface area (Å²) in [6.45, 7) is 3.96. The highest BCUT2D eigenvalue weighted by Gasteiger charge is 2.19. The molecular formula is C13H15Cl2F2NO. The van der Waals surface area contributed by atoms with Crippen molar-refractivity contribution in [2.75, 3.05) is 5.88 Å². The average Bonchev–Trinajstić information content (AvgIpc) is 2.32. The maximum atomic E-state index is 13.6. The summed E-state index contributed by atoms with van der Waals surface area (Å²) in [5.41, 5.74) is -0.374. The molecule has 19 heavy (non-hydrogen) atoms. The Morgan fingerprint density at radius 2 is 1.95 bits per heavy atom. The van der Waals surface area contributed by atoms with Crippen LogP contribution in [0, 0.1) is 17.6 Å². The molecule has 1 aromatic carbocycles. The van der Waals surface area contributed by atoms with Crippen LogP contribution >= 0.6 is 23.2 Å². The number of rotatable bonds is 5. The van der Waals surface area contributed by atoms with Crippen LogP contribution in [0.15, 0.2) is 12.1 Å². The van der Waals surface area contributed by atoms with Gasteiger partial charge in [-0.15, -0.1) is 11.6 Å². The second kappa shape index (κ2) is 7.06. The summed E-state index contributed by atoms with van der Waals surface area (Å²) >= 11 is 11.2. The fraction of sp³-hybridized carbons (Fsp3) is 0.462. The van der Waals surface area contributed by atoms with Gasteiger partial charge in [0.25, 0.3) is 5.91 Å². The number of hydrogen-bond donors (Lipinski definition) is 1. The van der Waals surface area contributed by atoms with Crippen molar-refractivity contribution in [1.29, 1.82) is 0 Å². The first-order valence-electron chi connectivity index (χ1n) is 5.86. The van der Waals surface area contributed by atoms with E-state index in [9.17, 15) is 13.6 Å². The van der Waals surface area contributed by atoms with Crippen molar-refractivity contribution in [2.45, 2.75) is 26.3 Å². The number of alkyl halides is 1. The van der Waals surface area contributed by atoms with Crippen LogP contribution in [-0.4, -0.2) is 17.8 Å². The zero-order valence-electron chi connectivity index (χ0n) is 10.6. The standard InChI is InChI=1S/C13H15Cl2F2NO/c1-7(2)3-8(6-14)18-13(19)9-4-12(17)10(15)5-11(9)16/h4-5,7-8H,3,6H2,1-2H3,(H,18,19). The number of carbonyl (C=O) groups excluding carboxylic acids is 1. The first-order chi connectivity index (χ1) is 8.85. The molecular weight excluding hydrogens is 295 g/mol. The fourth-order valence-corrected chi connectivity index (χ4v) is 2.04. The third-order valence-electron chi connectivity index (χ3n) is 2.53. The van der Waals surface area contributed by atoms with E-state index in [1.807, 2.05) is 13.8 Å². The van der Waals surface area contributed by atoms with Crippen molar-refractivity contribution in [3.63, 3.8) is 0 Å². The van der Waals surface area contributed by atoms with Crippen molar-refractivity contribution in [1.82, 2.24) is 5.32 Å². The Morgan fingerprint density at radius 3 is 2.47 bits per heavy atom. The maximum Gasteiger partial charge on any atom is 0.254 e. The van der Waals surface area contributed by atoms with Gasteiger partial charge in [-0.2, -0.15) is 0 Å². The highest BCUT2D eigenvalue weighted by molar-refractivity contribution is 6.30. The number of hydrogen-bond acceptors (Lipinski definition) is 1. The number of halogens is 4. The first kappa shape index (κ1) is 16.2. The zero-order valence-corrected chi connectivity index (χ0v) is 12.2. The summed E-state index contributed by atoms with van der Waals surface area (Å²) in [4.78, 5) is 11.9. The Balaban J connectivity index is 2.85. The molecule has 0 radical (unpaired) electrons. The molecule has 6 heteroatoms. The molecule has 1 rings (SSSR count). The average molecular weight is 310 g/mol. The molecule has 1 aromatic rings. The van der Waals surface area contributed by atoms with E-state index in [0.717, 1.165) is 12.1 Å². The van der Waals surface area contributed by atoms with Crippen molar-refractivity contribution < 1.29 is 13.6 Å². The van der Waals surface area contributed by atoms with Gasteiger partial charge in [-0.1, -0.05) is 25.4 Å². The molecule has 0 aliphatic rings. The lowest BCUT2D eigenvalue weighted by molar-refractivity contribution is 0.0932. The van der Waals surface area contributed by atoms with Crippen LogP contribution in [0.2, 0.25) is 5.02 Å². The van der Waals surface area contributed by atoms with Crippen LogP contribution in [0.25, 0.3) is 0 Å². The predicted octanol–water partition coefficient (Wildman–Crippen LogP) is 4.00. The minimum Gasteiger partial charge on any atom is -0.348 e. The van der Waals surface area contributed by atoms with Gasteiger partial charge in [0.05, 0.1) is 10.6 Å². The number of carbonyl (C=O) groups is 1. The highest BCUT2D eigenvalue weighted by atomic mass is 35.5. The first-order valence-corrected chi connectivity index (χ1v) is 6.77. The monoisotopic (exact) mass is 309 g/mol. The molecule has 1 atom stereocenters. The van der Waals surface area contributed by atoms with Gasteiger partial charge in [0.1, 0.15) is 11.6 Å². The Morgan fingerprint density at radius 1 is 1.32 bits per heavy atom. The molecule has 106 valence electrons. The van der Waals surface area contributed by atoms with E-state index < -0.39 is 17.5 Å². The second-order valence-electron chi connectivity index (χ2n) is 4.70. The van der Waals surface area contributed by atoms with Crippen molar-refractivity contribution in [2.24, 2.45) is 5.92 Å². The summed E-state index contributed by atoms with van der Waals surface area (Å²) in [6.07, 6.45) is 0.660. The number of benzene rings is 1. The van der Waals surface area contributed by atoms with Crippen LogP contribution in [0.5, 0.6) is 0 Å². The van der Waals surface area contributed by atoms with Gasteiger partial charge < -0.3 is 5.32 Å². The molecule has 1 unspecified atom stereocenters. The SMILES string of the molecule is CC(C)CC(CCl)NC(=O)c1cc(F)c(Cl)cc1F. The van der Waals surface area contributed by atoms with E-state index in [1.165, 1.54) is 0 Å². The van der Waals surface area contributed by atoms with E-state index in [1.54, 1.807) is 0 Å². The summed E-state index contributed by atoms with van der Waals surface area (Å²) in [5.74, 6) is -1.85. The van der Waals surface area contributed by atoms with Crippen LogP contribution in [0.4, 0.5) is 8.78 Å². The molecule has 0 heterocycles. The lowest BCUT2D eigenvalue weighted by Crippen LogP contribution is -2.37. The Bertz CT molecular complexity index is 466. The Hall–Kier alpha value is -0.870. The zero-order chi connectivity index (χ0) is 14.6. The quantitative estimate of drug-likeness (QED) is 0.646. The van der Waals surface area contributed by atoms with Crippen LogP contribution < -0.4 is 5.32 Å². The topological polar surface area (TPSA) is 29.1 Å². The van der Waals surface area contributed by atoms with Crippen LogP contribution in [0.1, 0.15) is 30.6 Å². The lowest BCUT2D eigenvalue weighted by atomic mass is 10.0. The number of nitrogens with one attached hydrogen (secondary N) is 1. The van der Waals surface area contributed by atoms with Crippen LogP contribution in [0.3, 0.4) is 0 Å². The molecule has 0 saturated carbocycles. The highest BCUT2D eigenvalue weighted by Crippen LogP contribution is 2.19. The largest absolute Gasteiger partial charge is 0.348 e. The Labute approximate surface area is 121 Å². The predicted molar refractivity (Wildman–Crippen MR) is 72.8 cm³/mol. The molecule has 0 aliphatic carbocycles. The van der Waals surface area contributed by atoms with E-state index >= 15 is 0 Å². The van der Waals surface area contributed by atoms with E-state index in [2.05, 4.69) is 5.32 Å². The van der Waals surface area contributed by atoms with E-state index in [0.29, 0.717) is 12.3 Å². The fourth-order valence-electron chi connectivity index (χ4n) is 1.69. The molecule has 1 amide bonds. The third-order valence-corrected chi connectivity index (χ3v) is 3.19. The van der Waals surface area contributed by atoms with Gasteiger partial charge in [-0.05, 0) is 24.5 Å². The van der Waals surface area contributed by atoms with Gasteiger partial charge >= 0.3 is 0 Å². The third kappa shape index (κ3) is 4.62. The molecule has 0 bridgehead atoms. The number of amides is 1. The minimum absolute atomic E-state index is 0.210. The normalized spacial score (nSPS) is 12.6. The van der Waals surface area contributed by atoms with Gasteiger partial charge in [-0.25, -0.2) is 8.78 Å². The van der Waals surface area contributed by atoms with Crippen molar-refractivity contribution >= 4 is 29.1 Å².